The highest BCUT2D eigenvalue weighted by Gasteiger charge is 2.15. The Bertz CT molecular complexity index is 1220. The first-order chi connectivity index (χ1) is 13.7. The van der Waals surface area contributed by atoms with Crippen molar-refractivity contribution in [3.63, 3.8) is 0 Å². The number of benzene rings is 2. The van der Waals surface area contributed by atoms with E-state index < -0.39 is 0 Å². The Hall–Kier alpha value is -3.36. The van der Waals surface area contributed by atoms with Gasteiger partial charge in [0.05, 0.1) is 19.0 Å². The molecule has 0 unspecified atom stereocenters. The average molecular weight is 386 g/mol. The summed E-state index contributed by atoms with van der Waals surface area (Å²) in [5.41, 5.74) is 2.02. The van der Waals surface area contributed by atoms with E-state index in [1.54, 1.807) is 11.7 Å². The number of ether oxygens (including phenoxy) is 1. The second-order valence-corrected chi connectivity index (χ2v) is 7.37. The fourth-order valence-electron chi connectivity index (χ4n) is 3.12. The highest BCUT2D eigenvalue weighted by molar-refractivity contribution is 7.21. The molecule has 5 heteroatoms. The summed E-state index contributed by atoms with van der Waals surface area (Å²) in [5, 5.41) is 0.609. The van der Waals surface area contributed by atoms with E-state index in [0.29, 0.717) is 17.6 Å². The molecule has 2 aromatic carbocycles. The Morgan fingerprint density at radius 1 is 1.14 bits per heavy atom. The lowest BCUT2D eigenvalue weighted by atomic mass is 10.1. The number of hydrogen-bond donors (Lipinski definition) is 0. The fourth-order valence-corrected chi connectivity index (χ4v) is 4.16. The monoisotopic (exact) mass is 386 g/mol. The summed E-state index contributed by atoms with van der Waals surface area (Å²) < 4.78 is 6.80. The van der Waals surface area contributed by atoms with Crippen molar-refractivity contribution < 1.29 is 4.74 Å². The van der Waals surface area contributed by atoms with E-state index in [4.69, 9.17) is 16.1 Å². The molecular weight excluding hydrogens is 368 g/mol. The minimum atomic E-state index is -0.0927. The van der Waals surface area contributed by atoms with Gasteiger partial charge < -0.3 is 4.74 Å². The van der Waals surface area contributed by atoms with E-state index in [-0.39, 0.29) is 12.1 Å². The highest BCUT2D eigenvalue weighted by atomic mass is 32.1. The molecule has 0 amide bonds. The van der Waals surface area contributed by atoms with Crippen LogP contribution in [0.4, 0.5) is 0 Å². The van der Waals surface area contributed by atoms with Crippen LogP contribution in [0.2, 0.25) is 0 Å². The Kier molecular flexibility index (Phi) is 4.96. The summed E-state index contributed by atoms with van der Waals surface area (Å²) in [6.45, 7) is 0.198. The SMILES string of the molecule is C#CCn1c(Cc2ccc(OC)cc2)nc2sc(-c3ccccc3)cc2c1=O. The third-order valence-corrected chi connectivity index (χ3v) is 5.64. The Balaban J connectivity index is 1.81. The zero-order valence-electron chi connectivity index (χ0n) is 15.4. The maximum Gasteiger partial charge on any atom is 0.263 e. The molecule has 138 valence electrons. The molecule has 0 saturated carbocycles. The van der Waals surface area contributed by atoms with Crippen molar-refractivity contribution >= 4 is 21.6 Å². The Labute approximate surface area is 167 Å². The van der Waals surface area contributed by atoms with Gasteiger partial charge in [0.2, 0.25) is 0 Å². The first kappa shape index (κ1) is 18.0. The van der Waals surface area contributed by atoms with Crippen molar-refractivity contribution in [2.45, 2.75) is 13.0 Å². The van der Waals surface area contributed by atoms with Crippen LogP contribution in [0.1, 0.15) is 11.4 Å². The predicted octanol–water partition coefficient (Wildman–Crippen LogP) is 4.36. The first-order valence-electron chi connectivity index (χ1n) is 8.84. The number of methoxy groups -OCH3 is 1. The van der Waals surface area contributed by atoms with Gasteiger partial charge in [-0.1, -0.05) is 48.4 Å². The van der Waals surface area contributed by atoms with Crippen LogP contribution in [0.5, 0.6) is 5.75 Å². The van der Waals surface area contributed by atoms with Crippen molar-refractivity contribution in [1.29, 1.82) is 0 Å². The lowest BCUT2D eigenvalue weighted by molar-refractivity contribution is 0.414. The van der Waals surface area contributed by atoms with E-state index in [0.717, 1.165) is 26.6 Å². The zero-order chi connectivity index (χ0) is 19.5. The third-order valence-electron chi connectivity index (χ3n) is 4.56. The van der Waals surface area contributed by atoms with E-state index in [2.05, 4.69) is 5.92 Å². The molecule has 0 aliphatic rings. The van der Waals surface area contributed by atoms with Crippen LogP contribution in [0, 0.1) is 12.3 Å². The maximum absolute atomic E-state index is 13.1. The Morgan fingerprint density at radius 2 is 1.89 bits per heavy atom. The van der Waals surface area contributed by atoms with Gasteiger partial charge in [-0.25, -0.2) is 4.98 Å². The summed E-state index contributed by atoms with van der Waals surface area (Å²) in [6.07, 6.45) is 6.04. The van der Waals surface area contributed by atoms with Gasteiger partial charge in [-0.3, -0.25) is 9.36 Å². The molecule has 0 aliphatic carbocycles. The molecule has 0 atom stereocenters. The summed E-state index contributed by atoms with van der Waals surface area (Å²) in [5.74, 6) is 4.04. The van der Waals surface area contributed by atoms with Gasteiger partial charge in [-0.15, -0.1) is 17.8 Å². The van der Waals surface area contributed by atoms with Crippen LogP contribution in [-0.2, 0) is 13.0 Å². The molecule has 28 heavy (non-hydrogen) atoms. The summed E-state index contributed by atoms with van der Waals surface area (Å²) in [4.78, 5) is 19.6. The van der Waals surface area contributed by atoms with Crippen molar-refractivity contribution in [3.8, 4) is 28.5 Å². The molecule has 0 aliphatic heterocycles. The molecule has 4 rings (SSSR count). The number of hydrogen-bond acceptors (Lipinski definition) is 4. The van der Waals surface area contributed by atoms with Gasteiger partial charge in [0, 0.05) is 11.3 Å². The molecule has 0 radical (unpaired) electrons. The van der Waals surface area contributed by atoms with Crippen LogP contribution in [0.15, 0.2) is 65.5 Å². The standard InChI is InChI=1S/C23H18N2O2S/c1-3-13-25-21(14-16-9-11-18(27-2)12-10-16)24-22-19(23(25)26)15-20(28-22)17-7-5-4-6-8-17/h1,4-12,15H,13-14H2,2H3. The van der Waals surface area contributed by atoms with Crippen LogP contribution < -0.4 is 10.3 Å². The molecule has 0 fully saturated rings. The van der Waals surface area contributed by atoms with Gasteiger partial charge in [-0.05, 0) is 29.3 Å². The lowest BCUT2D eigenvalue weighted by Crippen LogP contribution is -2.24. The van der Waals surface area contributed by atoms with E-state index in [1.165, 1.54) is 11.3 Å². The normalized spacial score (nSPS) is 10.7. The maximum atomic E-state index is 13.1. The second kappa shape index (κ2) is 7.71. The van der Waals surface area contributed by atoms with Crippen LogP contribution >= 0.6 is 11.3 Å². The zero-order valence-corrected chi connectivity index (χ0v) is 16.2. The molecule has 4 nitrogen and oxygen atoms in total. The largest absolute Gasteiger partial charge is 0.497 e. The van der Waals surface area contributed by atoms with Crippen molar-refractivity contribution in [2.75, 3.05) is 7.11 Å². The quantitative estimate of drug-likeness (QED) is 0.479. The first-order valence-corrected chi connectivity index (χ1v) is 9.66. The number of terminal acetylenes is 1. The number of fused-ring (bicyclic) bond motifs is 1. The third kappa shape index (κ3) is 3.42. The molecule has 0 N–H and O–H groups in total. The highest BCUT2D eigenvalue weighted by Crippen LogP contribution is 2.31. The van der Waals surface area contributed by atoms with Gasteiger partial charge in [0.25, 0.3) is 5.56 Å². The van der Waals surface area contributed by atoms with Crippen molar-refractivity contribution in [2.24, 2.45) is 0 Å². The summed E-state index contributed by atoms with van der Waals surface area (Å²) >= 11 is 1.53. The van der Waals surface area contributed by atoms with Crippen LogP contribution in [-0.4, -0.2) is 16.7 Å². The topological polar surface area (TPSA) is 44.1 Å². The van der Waals surface area contributed by atoms with Crippen LogP contribution in [0.25, 0.3) is 20.7 Å². The number of nitrogens with zero attached hydrogens (tertiary/aromatic N) is 2. The minimum Gasteiger partial charge on any atom is -0.497 e. The molecule has 4 aromatic rings. The van der Waals surface area contributed by atoms with Crippen molar-refractivity contribution in [3.05, 3.63) is 82.4 Å². The van der Waals surface area contributed by atoms with E-state index in [1.807, 2.05) is 60.7 Å². The molecule has 0 spiro atoms. The Morgan fingerprint density at radius 3 is 2.57 bits per heavy atom. The fraction of sp³-hybridized carbons (Fsp3) is 0.130. The predicted molar refractivity (Wildman–Crippen MR) is 114 cm³/mol. The number of aromatic nitrogens is 2. The van der Waals surface area contributed by atoms with E-state index in [9.17, 15) is 4.79 Å². The summed E-state index contributed by atoms with van der Waals surface area (Å²) in [7, 11) is 1.64. The molecule has 0 saturated heterocycles. The van der Waals surface area contributed by atoms with Crippen LogP contribution in [0.3, 0.4) is 0 Å². The molecule has 2 aromatic heterocycles. The van der Waals surface area contributed by atoms with Crippen molar-refractivity contribution in [1.82, 2.24) is 9.55 Å². The second-order valence-electron chi connectivity index (χ2n) is 6.34. The molecule has 2 heterocycles. The summed E-state index contributed by atoms with van der Waals surface area (Å²) in [6, 6.07) is 19.7. The minimum absolute atomic E-state index is 0.0927. The molecular formula is C23H18N2O2S. The smallest absolute Gasteiger partial charge is 0.263 e. The van der Waals surface area contributed by atoms with Gasteiger partial charge >= 0.3 is 0 Å². The van der Waals surface area contributed by atoms with Gasteiger partial charge in [0.15, 0.2) is 0 Å². The van der Waals surface area contributed by atoms with Gasteiger partial charge in [-0.2, -0.15) is 0 Å². The number of rotatable bonds is 5. The van der Waals surface area contributed by atoms with Gasteiger partial charge in [0.1, 0.15) is 16.4 Å². The lowest BCUT2D eigenvalue weighted by Gasteiger charge is -2.10. The number of thiophene rings is 1. The average Bonchev–Trinajstić information content (AvgIpc) is 3.16. The molecule has 0 bridgehead atoms. The van der Waals surface area contributed by atoms with E-state index >= 15 is 0 Å².